The highest BCUT2D eigenvalue weighted by molar-refractivity contribution is 5.79. The predicted molar refractivity (Wildman–Crippen MR) is 80.9 cm³/mol. The topological polar surface area (TPSA) is 55.8 Å². The lowest BCUT2D eigenvalue weighted by Gasteiger charge is -2.40. The van der Waals surface area contributed by atoms with E-state index in [-0.39, 0.29) is 12.1 Å². The zero-order valence-electron chi connectivity index (χ0n) is 13.6. The number of allylic oxidation sites excluding steroid dienone is 1. The van der Waals surface area contributed by atoms with Gasteiger partial charge in [0.05, 0.1) is 12.0 Å². The Balaban J connectivity index is 2.85. The lowest BCUT2D eigenvalue weighted by Crippen LogP contribution is -2.51. The first kappa shape index (κ1) is 17.5. The van der Waals surface area contributed by atoms with Gasteiger partial charge in [0.25, 0.3) is 0 Å². The maximum absolute atomic E-state index is 12.3. The third-order valence-corrected chi connectivity index (χ3v) is 3.47. The molecule has 1 unspecified atom stereocenters. The number of piperidine rings is 1. The summed E-state index contributed by atoms with van der Waals surface area (Å²) in [5.74, 6) is -0.252. The van der Waals surface area contributed by atoms with E-state index >= 15 is 0 Å². The first-order valence-corrected chi connectivity index (χ1v) is 7.50. The van der Waals surface area contributed by atoms with Crippen LogP contribution in [0.15, 0.2) is 12.7 Å². The molecule has 0 aliphatic carbocycles. The van der Waals surface area contributed by atoms with Crippen LogP contribution in [-0.2, 0) is 14.3 Å². The number of ether oxygens (including phenoxy) is 2. The molecule has 5 nitrogen and oxygen atoms in total. The van der Waals surface area contributed by atoms with Crippen molar-refractivity contribution < 1.29 is 19.1 Å². The number of hydrogen-bond donors (Lipinski definition) is 0. The summed E-state index contributed by atoms with van der Waals surface area (Å²) in [6.45, 7) is 12.3. The average Bonchev–Trinajstić information content (AvgIpc) is 2.37. The molecule has 1 saturated heterocycles. The number of carbonyl (C=O) groups excluding carboxylic acids is 2. The monoisotopic (exact) mass is 297 g/mol. The van der Waals surface area contributed by atoms with Crippen LogP contribution < -0.4 is 0 Å². The van der Waals surface area contributed by atoms with Crippen molar-refractivity contribution in [2.75, 3.05) is 19.7 Å². The van der Waals surface area contributed by atoms with Crippen LogP contribution in [-0.4, -0.2) is 42.3 Å². The molecule has 1 aliphatic rings. The van der Waals surface area contributed by atoms with E-state index in [2.05, 4.69) is 6.58 Å². The molecule has 1 amide bonds. The standard InChI is InChI=1S/C16H27NO4/c1-6-9-16(13(18)20-7-2)10-8-11-17(12-16)14(19)21-15(3,4)5/h6H,1,7-12H2,2-5H3. The quantitative estimate of drug-likeness (QED) is 0.591. The zero-order valence-corrected chi connectivity index (χ0v) is 13.6. The zero-order chi connectivity index (χ0) is 16.1. The van der Waals surface area contributed by atoms with Crippen molar-refractivity contribution in [3.63, 3.8) is 0 Å². The van der Waals surface area contributed by atoms with Crippen LogP contribution in [0.4, 0.5) is 4.79 Å². The Morgan fingerprint density at radius 3 is 2.57 bits per heavy atom. The summed E-state index contributed by atoms with van der Waals surface area (Å²) < 4.78 is 10.6. The molecule has 1 aliphatic heterocycles. The maximum atomic E-state index is 12.3. The van der Waals surface area contributed by atoms with Gasteiger partial charge in [0.15, 0.2) is 0 Å². The Kier molecular flexibility index (Phi) is 5.81. The maximum Gasteiger partial charge on any atom is 0.410 e. The number of rotatable bonds is 4. The van der Waals surface area contributed by atoms with Gasteiger partial charge in [0.2, 0.25) is 0 Å². The van der Waals surface area contributed by atoms with Crippen LogP contribution in [0, 0.1) is 5.41 Å². The fourth-order valence-electron chi connectivity index (χ4n) is 2.59. The van der Waals surface area contributed by atoms with E-state index in [4.69, 9.17) is 9.47 Å². The highest BCUT2D eigenvalue weighted by Gasteiger charge is 2.44. The van der Waals surface area contributed by atoms with Gasteiger partial charge in [-0.15, -0.1) is 6.58 Å². The second-order valence-electron chi connectivity index (χ2n) is 6.50. The summed E-state index contributed by atoms with van der Waals surface area (Å²) in [4.78, 5) is 26.1. The van der Waals surface area contributed by atoms with Gasteiger partial charge < -0.3 is 14.4 Å². The van der Waals surface area contributed by atoms with Crippen molar-refractivity contribution in [1.82, 2.24) is 4.90 Å². The molecule has 21 heavy (non-hydrogen) atoms. The van der Waals surface area contributed by atoms with E-state index in [1.54, 1.807) is 17.9 Å². The van der Waals surface area contributed by atoms with Crippen molar-refractivity contribution >= 4 is 12.1 Å². The third kappa shape index (κ3) is 4.76. The van der Waals surface area contributed by atoms with Gasteiger partial charge in [-0.05, 0) is 47.0 Å². The van der Waals surface area contributed by atoms with Crippen molar-refractivity contribution in [2.24, 2.45) is 5.41 Å². The minimum Gasteiger partial charge on any atom is -0.466 e. The Hall–Kier alpha value is -1.52. The molecule has 0 spiro atoms. The molecule has 1 fully saturated rings. The Morgan fingerprint density at radius 1 is 1.38 bits per heavy atom. The van der Waals surface area contributed by atoms with Crippen molar-refractivity contribution in [1.29, 1.82) is 0 Å². The molecule has 0 radical (unpaired) electrons. The lowest BCUT2D eigenvalue weighted by molar-refractivity contribution is -0.158. The van der Waals surface area contributed by atoms with Crippen LogP contribution in [0.25, 0.3) is 0 Å². The SMILES string of the molecule is C=CCC1(C(=O)OCC)CCCN(C(=O)OC(C)(C)C)C1. The fraction of sp³-hybridized carbons (Fsp3) is 0.750. The number of nitrogens with zero attached hydrogens (tertiary/aromatic N) is 1. The highest BCUT2D eigenvalue weighted by atomic mass is 16.6. The largest absolute Gasteiger partial charge is 0.466 e. The molecule has 5 heteroatoms. The van der Waals surface area contributed by atoms with E-state index in [1.165, 1.54) is 0 Å². The Morgan fingerprint density at radius 2 is 2.05 bits per heavy atom. The normalized spacial score (nSPS) is 22.6. The molecule has 1 atom stereocenters. The summed E-state index contributed by atoms with van der Waals surface area (Å²) in [5.41, 5.74) is -1.23. The first-order valence-electron chi connectivity index (χ1n) is 7.50. The van der Waals surface area contributed by atoms with E-state index in [0.29, 0.717) is 32.5 Å². The minimum atomic E-state index is -0.688. The van der Waals surface area contributed by atoms with Crippen LogP contribution in [0.5, 0.6) is 0 Å². The van der Waals surface area contributed by atoms with Crippen LogP contribution in [0.3, 0.4) is 0 Å². The number of hydrogen-bond acceptors (Lipinski definition) is 4. The minimum absolute atomic E-state index is 0.252. The average molecular weight is 297 g/mol. The molecule has 120 valence electrons. The number of esters is 1. The van der Waals surface area contributed by atoms with Gasteiger partial charge >= 0.3 is 12.1 Å². The lowest BCUT2D eigenvalue weighted by atomic mass is 9.77. The molecule has 0 aromatic carbocycles. The summed E-state index contributed by atoms with van der Waals surface area (Å²) in [6, 6.07) is 0. The summed E-state index contributed by atoms with van der Waals surface area (Å²) >= 11 is 0. The van der Waals surface area contributed by atoms with Crippen molar-refractivity contribution in [3.8, 4) is 0 Å². The fourth-order valence-corrected chi connectivity index (χ4v) is 2.59. The van der Waals surface area contributed by atoms with Crippen molar-refractivity contribution in [3.05, 3.63) is 12.7 Å². The van der Waals surface area contributed by atoms with E-state index in [1.807, 2.05) is 20.8 Å². The third-order valence-electron chi connectivity index (χ3n) is 3.47. The first-order chi connectivity index (χ1) is 9.74. The van der Waals surface area contributed by atoms with Crippen LogP contribution >= 0.6 is 0 Å². The van der Waals surface area contributed by atoms with Crippen LogP contribution in [0.2, 0.25) is 0 Å². The Bertz CT molecular complexity index is 400. The molecule has 1 rings (SSSR count). The van der Waals surface area contributed by atoms with E-state index < -0.39 is 11.0 Å². The number of likely N-dealkylation sites (tertiary alicyclic amines) is 1. The van der Waals surface area contributed by atoms with Gasteiger partial charge in [-0.1, -0.05) is 6.08 Å². The number of carbonyl (C=O) groups is 2. The molecular weight excluding hydrogens is 270 g/mol. The molecule has 0 aromatic heterocycles. The summed E-state index contributed by atoms with van der Waals surface area (Å²) in [5, 5.41) is 0. The number of amides is 1. The van der Waals surface area contributed by atoms with Gasteiger partial charge in [0, 0.05) is 13.1 Å². The Labute approximate surface area is 127 Å². The molecule has 0 saturated carbocycles. The molecule has 0 aromatic rings. The predicted octanol–water partition coefficient (Wildman–Crippen LogP) is 3.14. The van der Waals surface area contributed by atoms with Gasteiger partial charge in [-0.2, -0.15) is 0 Å². The molecule has 0 N–H and O–H groups in total. The summed E-state index contributed by atoms with van der Waals surface area (Å²) in [7, 11) is 0. The van der Waals surface area contributed by atoms with Gasteiger partial charge in [-0.3, -0.25) is 4.79 Å². The second kappa shape index (κ2) is 6.96. The van der Waals surface area contributed by atoms with E-state index in [9.17, 15) is 9.59 Å². The molecule has 1 heterocycles. The smallest absolute Gasteiger partial charge is 0.410 e. The molecule has 0 bridgehead atoms. The highest BCUT2D eigenvalue weighted by Crippen LogP contribution is 2.36. The molecular formula is C16H27NO4. The summed E-state index contributed by atoms with van der Waals surface area (Å²) in [6.07, 6.45) is 3.31. The van der Waals surface area contributed by atoms with Crippen LogP contribution in [0.1, 0.15) is 47.0 Å². The van der Waals surface area contributed by atoms with Gasteiger partial charge in [-0.25, -0.2) is 4.79 Å². The van der Waals surface area contributed by atoms with E-state index in [0.717, 1.165) is 6.42 Å². The second-order valence-corrected chi connectivity index (χ2v) is 6.50. The van der Waals surface area contributed by atoms with Gasteiger partial charge in [0.1, 0.15) is 5.60 Å². The van der Waals surface area contributed by atoms with Crippen molar-refractivity contribution in [2.45, 2.75) is 52.6 Å².